The van der Waals surface area contributed by atoms with E-state index in [0.29, 0.717) is 22.2 Å². The number of aromatic nitrogens is 4. The normalized spacial score (nSPS) is 12.1. The summed E-state index contributed by atoms with van der Waals surface area (Å²) in [6.45, 7) is 0. The van der Waals surface area contributed by atoms with Crippen molar-refractivity contribution < 1.29 is 39.0 Å². The second kappa shape index (κ2) is 9.97. The number of nitrogens with zero attached hydrogens (tertiary/aromatic N) is 2. The SMILES string of the molecule is Cl.Fc1c(F)c(F)c(C2=Cc3cc4ccc(cc5nc(cc6ccc(cc2n3)[nH]6)C=C5)[nH]4)c(F)c1F.[Fe]. The first kappa shape index (κ1) is 26.3. The van der Waals surface area contributed by atoms with Crippen molar-refractivity contribution in [3.05, 3.63) is 106 Å². The molecule has 0 spiro atoms. The van der Waals surface area contributed by atoms with Gasteiger partial charge in [-0.05, 0) is 66.8 Å². The zero-order valence-corrected chi connectivity index (χ0v) is 20.3. The smallest absolute Gasteiger partial charge is 0.200 e. The molecule has 0 saturated carbocycles. The Morgan fingerprint density at radius 2 is 0.973 bits per heavy atom. The predicted octanol–water partition coefficient (Wildman–Crippen LogP) is 7.19. The molecule has 8 bridgehead atoms. The molecule has 0 fully saturated rings. The van der Waals surface area contributed by atoms with Crippen LogP contribution >= 0.6 is 12.4 Å². The third-order valence-electron chi connectivity index (χ3n) is 5.64. The Kier molecular flexibility index (Phi) is 7.10. The first-order valence-corrected chi connectivity index (χ1v) is 10.5. The molecule has 0 radical (unpaired) electrons. The third-order valence-corrected chi connectivity index (χ3v) is 5.64. The third kappa shape index (κ3) is 4.71. The van der Waals surface area contributed by atoms with E-state index in [1.807, 2.05) is 30.4 Å². The van der Waals surface area contributed by atoms with Gasteiger partial charge in [-0.2, -0.15) is 0 Å². The van der Waals surface area contributed by atoms with Crippen LogP contribution in [0.5, 0.6) is 0 Å². The van der Waals surface area contributed by atoms with E-state index in [9.17, 15) is 22.0 Å². The van der Waals surface area contributed by atoms with Gasteiger partial charge in [-0.15, -0.1) is 12.4 Å². The maximum absolute atomic E-state index is 14.7. The Bertz CT molecular complexity index is 1750. The van der Waals surface area contributed by atoms with Crippen LogP contribution in [0.4, 0.5) is 22.0 Å². The summed E-state index contributed by atoms with van der Waals surface area (Å²) in [7, 11) is 0. The molecule has 6 rings (SSSR count). The minimum Gasteiger partial charge on any atom is -0.355 e. The Morgan fingerprint density at radius 3 is 1.49 bits per heavy atom. The number of nitrogens with one attached hydrogen (secondary N) is 2. The summed E-state index contributed by atoms with van der Waals surface area (Å²) >= 11 is 0. The van der Waals surface area contributed by atoms with E-state index < -0.39 is 34.6 Å². The van der Waals surface area contributed by atoms with Crippen LogP contribution in [0.3, 0.4) is 0 Å². The van der Waals surface area contributed by atoms with Gasteiger partial charge in [0.1, 0.15) is 0 Å². The molecule has 0 saturated heterocycles. The topological polar surface area (TPSA) is 57.4 Å². The van der Waals surface area contributed by atoms with E-state index in [4.69, 9.17) is 0 Å². The Labute approximate surface area is 222 Å². The van der Waals surface area contributed by atoms with Crippen molar-refractivity contribution >= 4 is 58.3 Å². The van der Waals surface area contributed by atoms with Crippen LogP contribution in [0.25, 0.3) is 45.9 Å². The molecule has 3 aromatic heterocycles. The number of halogens is 6. The van der Waals surface area contributed by atoms with E-state index in [0.717, 1.165) is 11.2 Å². The monoisotopic (exact) mass is 568 g/mol. The number of aromatic amines is 2. The average Bonchev–Trinajstić information content (AvgIpc) is 3.62. The Morgan fingerprint density at radius 1 is 0.541 bits per heavy atom. The van der Waals surface area contributed by atoms with E-state index in [-0.39, 0.29) is 46.4 Å². The molecular weight excluding hydrogens is 555 g/mol. The van der Waals surface area contributed by atoms with Gasteiger partial charge in [0.05, 0.1) is 28.3 Å². The summed E-state index contributed by atoms with van der Waals surface area (Å²) in [6.07, 6.45) is 5.02. The number of H-pyrrole nitrogens is 2. The van der Waals surface area contributed by atoms with Crippen LogP contribution in [0.2, 0.25) is 0 Å². The first-order valence-electron chi connectivity index (χ1n) is 10.5. The Hall–Kier alpha value is -3.72. The molecule has 2 aliphatic heterocycles. The van der Waals surface area contributed by atoms with Crippen molar-refractivity contribution in [1.82, 2.24) is 19.9 Å². The molecule has 188 valence electrons. The molecule has 0 atom stereocenters. The van der Waals surface area contributed by atoms with E-state index in [2.05, 4.69) is 19.9 Å². The fraction of sp³-hybridized carbons (Fsp3) is 0. The van der Waals surface area contributed by atoms with Crippen molar-refractivity contribution in [3.63, 3.8) is 0 Å². The van der Waals surface area contributed by atoms with Crippen molar-refractivity contribution in [2.75, 3.05) is 0 Å². The number of hydrogen-bond acceptors (Lipinski definition) is 2. The minimum absolute atomic E-state index is 0. The molecule has 2 aliphatic rings. The number of benzene rings is 1. The molecule has 0 aliphatic carbocycles. The predicted molar refractivity (Wildman–Crippen MR) is 130 cm³/mol. The van der Waals surface area contributed by atoms with Crippen LogP contribution in [0, 0.1) is 29.1 Å². The van der Waals surface area contributed by atoms with Crippen LogP contribution < -0.4 is 0 Å². The Balaban J connectivity index is 0.00000160. The fourth-order valence-corrected chi connectivity index (χ4v) is 4.06. The first-order chi connectivity index (χ1) is 16.9. The standard InChI is InChI=1S/C26H13F5N4.ClH.Fe/c27-22-21(23(28)25(30)26(31)24(22)29)19-10-18-9-16-4-3-14(33-16)7-12-1-2-13(32-12)8-15-5-6-17(34-15)11-20(19)35-18;;/h1-11,33-34H;1H;. The zero-order valence-electron chi connectivity index (χ0n) is 18.4. The quantitative estimate of drug-likeness (QED) is 0.0955. The molecule has 2 N–H and O–H groups in total. The molecule has 5 heterocycles. The van der Waals surface area contributed by atoms with Gasteiger partial charge in [0.15, 0.2) is 23.3 Å². The minimum atomic E-state index is -2.21. The summed E-state index contributed by atoms with van der Waals surface area (Å²) in [5.74, 6) is -10.1. The van der Waals surface area contributed by atoms with Crippen molar-refractivity contribution in [3.8, 4) is 0 Å². The molecule has 37 heavy (non-hydrogen) atoms. The molecule has 1 aromatic carbocycles. The second-order valence-electron chi connectivity index (χ2n) is 8.04. The van der Waals surface area contributed by atoms with Gasteiger partial charge in [0.25, 0.3) is 0 Å². The van der Waals surface area contributed by atoms with Gasteiger partial charge < -0.3 is 9.97 Å². The second-order valence-corrected chi connectivity index (χ2v) is 8.04. The fourth-order valence-electron chi connectivity index (χ4n) is 4.06. The summed E-state index contributed by atoms with van der Waals surface area (Å²) in [6, 6.07) is 13.8. The zero-order chi connectivity index (χ0) is 24.3. The van der Waals surface area contributed by atoms with E-state index in [1.54, 1.807) is 24.3 Å². The average molecular weight is 569 g/mol. The summed E-state index contributed by atoms with van der Waals surface area (Å²) in [5.41, 5.74) is 3.09. The maximum atomic E-state index is 14.7. The van der Waals surface area contributed by atoms with Crippen LogP contribution in [0.1, 0.15) is 28.3 Å². The van der Waals surface area contributed by atoms with Gasteiger partial charge in [-0.25, -0.2) is 31.9 Å². The van der Waals surface area contributed by atoms with E-state index >= 15 is 0 Å². The number of fused-ring (bicyclic) bond motifs is 8. The van der Waals surface area contributed by atoms with Crippen molar-refractivity contribution in [2.45, 2.75) is 0 Å². The number of rotatable bonds is 1. The summed E-state index contributed by atoms with van der Waals surface area (Å²) in [4.78, 5) is 15.2. The van der Waals surface area contributed by atoms with Crippen molar-refractivity contribution in [1.29, 1.82) is 0 Å². The van der Waals surface area contributed by atoms with Crippen LogP contribution in [0.15, 0.2) is 48.5 Å². The molecule has 4 nitrogen and oxygen atoms in total. The number of hydrogen-bond donors (Lipinski definition) is 2. The maximum Gasteiger partial charge on any atom is 0.200 e. The summed E-state index contributed by atoms with van der Waals surface area (Å²) < 4.78 is 70.9. The van der Waals surface area contributed by atoms with Crippen LogP contribution in [-0.2, 0) is 17.1 Å². The molecule has 0 unspecified atom stereocenters. The van der Waals surface area contributed by atoms with Gasteiger partial charge >= 0.3 is 0 Å². The van der Waals surface area contributed by atoms with Crippen molar-refractivity contribution in [2.24, 2.45) is 0 Å². The molecule has 4 aromatic rings. The van der Waals surface area contributed by atoms with Gasteiger partial charge in [-0.3, -0.25) is 0 Å². The van der Waals surface area contributed by atoms with E-state index in [1.165, 1.54) is 12.1 Å². The molecule has 0 amide bonds. The van der Waals surface area contributed by atoms with Crippen LogP contribution in [-0.4, -0.2) is 19.9 Å². The van der Waals surface area contributed by atoms with Gasteiger partial charge in [0, 0.05) is 44.7 Å². The molecule has 11 heteroatoms. The summed E-state index contributed by atoms with van der Waals surface area (Å²) in [5, 5.41) is 0. The van der Waals surface area contributed by atoms with Gasteiger partial charge in [0.2, 0.25) is 5.82 Å². The van der Waals surface area contributed by atoms with Gasteiger partial charge in [-0.1, -0.05) is 0 Å². The largest absolute Gasteiger partial charge is 0.355 e. The molecular formula is C26H14ClF5FeN4.